The second-order valence-electron chi connectivity index (χ2n) is 8.16. The van der Waals surface area contributed by atoms with Gasteiger partial charge in [0.2, 0.25) is 5.91 Å². The minimum absolute atomic E-state index is 0.0224. The van der Waals surface area contributed by atoms with Crippen LogP contribution in [-0.4, -0.2) is 35.3 Å². The van der Waals surface area contributed by atoms with Gasteiger partial charge >= 0.3 is 0 Å². The summed E-state index contributed by atoms with van der Waals surface area (Å²) in [6.45, 7) is 2.83. The first kappa shape index (κ1) is 16.6. The number of fused-ring (bicyclic) bond motifs is 2. The number of carbonyl (C=O) groups is 2. The first-order chi connectivity index (χ1) is 12.1. The van der Waals surface area contributed by atoms with Gasteiger partial charge in [-0.15, -0.1) is 0 Å². The van der Waals surface area contributed by atoms with Gasteiger partial charge in [0.15, 0.2) is 0 Å². The van der Waals surface area contributed by atoms with Gasteiger partial charge in [0.25, 0.3) is 5.91 Å². The molecule has 134 valence electrons. The third-order valence-electron chi connectivity index (χ3n) is 6.64. The molecule has 1 saturated heterocycles. The quantitative estimate of drug-likeness (QED) is 0.915. The Bertz CT molecular complexity index is 645. The Morgan fingerprint density at radius 1 is 1.12 bits per heavy atom. The molecule has 2 amide bonds. The number of nitrogens with zero attached hydrogens (tertiary/aromatic N) is 1. The number of nitrogens with one attached hydrogen (secondary N) is 1. The SMILES string of the molecule is CC(NC(=O)C1CCCN1C(=O)c1ccccc1)C1CC2CCC1C2. The molecule has 3 aliphatic rings. The Morgan fingerprint density at radius 3 is 2.60 bits per heavy atom. The van der Waals surface area contributed by atoms with Crippen molar-refractivity contribution in [2.45, 2.75) is 57.5 Å². The van der Waals surface area contributed by atoms with Gasteiger partial charge in [-0.05, 0) is 68.9 Å². The molecule has 4 heteroatoms. The van der Waals surface area contributed by atoms with E-state index < -0.39 is 0 Å². The summed E-state index contributed by atoms with van der Waals surface area (Å²) in [7, 11) is 0. The molecule has 0 radical (unpaired) electrons. The summed E-state index contributed by atoms with van der Waals surface area (Å²) in [5.41, 5.74) is 0.670. The van der Waals surface area contributed by atoms with Crippen LogP contribution in [0.4, 0.5) is 0 Å². The minimum atomic E-state index is -0.311. The van der Waals surface area contributed by atoms with E-state index in [2.05, 4.69) is 12.2 Å². The summed E-state index contributed by atoms with van der Waals surface area (Å²) in [6.07, 6.45) is 7.00. The predicted molar refractivity (Wildman–Crippen MR) is 97.0 cm³/mol. The summed E-state index contributed by atoms with van der Waals surface area (Å²) >= 11 is 0. The normalized spacial score (nSPS) is 32.0. The van der Waals surface area contributed by atoms with E-state index in [4.69, 9.17) is 0 Å². The predicted octanol–water partition coefficient (Wildman–Crippen LogP) is 3.23. The average molecular weight is 340 g/mol. The fourth-order valence-electron chi connectivity index (χ4n) is 5.36. The molecule has 1 aromatic carbocycles. The number of likely N-dealkylation sites (tertiary alicyclic amines) is 1. The topological polar surface area (TPSA) is 49.4 Å². The van der Waals surface area contributed by atoms with Crippen LogP contribution in [0.15, 0.2) is 30.3 Å². The van der Waals surface area contributed by atoms with E-state index in [0.29, 0.717) is 18.0 Å². The maximum absolute atomic E-state index is 12.9. The van der Waals surface area contributed by atoms with Gasteiger partial charge in [0, 0.05) is 18.2 Å². The van der Waals surface area contributed by atoms with Crippen molar-refractivity contribution < 1.29 is 9.59 Å². The lowest BCUT2D eigenvalue weighted by atomic mass is 9.84. The lowest BCUT2D eigenvalue weighted by Crippen LogP contribution is -2.50. The molecule has 2 saturated carbocycles. The van der Waals surface area contributed by atoms with Crippen LogP contribution >= 0.6 is 0 Å². The Balaban J connectivity index is 1.40. The van der Waals surface area contributed by atoms with E-state index >= 15 is 0 Å². The number of carbonyl (C=O) groups excluding carboxylic acids is 2. The maximum atomic E-state index is 12.9. The molecule has 5 atom stereocenters. The lowest BCUT2D eigenvalue weighted by Gasteiger charge is -2.31. The molecule has 2 bridgehead atoms. The molecule has 5 unspecified atom stereocenters. The molecular formula is C21H28N2O2. The summed E-state index contributed by atoms with van der Waals surface area (Å²) in [4.78, 5) is 27.4. The van der Waals surface area contributed by atoms with Gasteiger partial charge < -0.3 is 10.2 Å². The molecule has 0 spiro atoms. The van der Waals surface area contributed by atoms with Gasteiger partial charge in [-0.1, -0.05) is 24.6 Å². The van der Waals surface area contributed by atoms with Crippen LogP contribution in [0.2, 0.25) is 0 Å². The largest absolute Gasteiger partial charge is 0.352 e. The van der Waals surface area contributed by atoms with E-state index in [1.165, 1.54) is 25.7 Å². The molecule has 1 heterocycles. The van der Waals surface area contributed by atoms with Gasteiger partial charge in [-0.3, -0.25) is 9.59 Å². The number of benzene rings is 1. The highest BCUT2D eigenvalue weighted by atomic mass is 16.2. The van der Waals surface area contributed by atoms with Crippen molar-refractivity contribution in [1.82, 2.24) is 10.2 Å². The summed E-state index contributed by atoms with van der Waals surface area (Å²) in [6, 6.07) is 9.21. The highest BCUT2D eigenvalue weighted by Gasteiger charge is 2.43. The molecule has 2 aliphatic carbocycles. The molecule has 1 N–H and O–H groups in total. The van der Waals surface area contributed by atoms with Crippen molar-refractivity contribution in [3.8, 4) is 0 Å². The molecule has 0 aromatic heterocycles. The first-order valence-corrected chi connectivity index (χ1v) is 9.80. The fraction of sp³-hybridized carbons (Fsp3) is 0.619. The van der Waals surface area contributed by atoms with Crippen LogP contribution < -0.4 is 5.32 Å². The van der Waals surface area contributed by atoms with Crippen molar-refractivity contribution in [3.63, 3.8) is 0 Å². The number of hydrogen-bond acceptors (Lipinski definition) is 2. The molecule has 4 nitrogen and oxygen atoms in total. The van der Waals surface area contributed by atoms with E-state index in [1.54, 1.807) is 4.90 Å². The molecule has 1 aliphatic heterocycles. The van der Waals surface area contributed by atoms with Crippen molar-refractivity contribution in [3.05, 3.63) is 35.9 Å². The van der Waals surface area contributed by atoms with E-state index in [-0.39, 0.29) is 23.9 Å². The molecule has 1 aromatic rings. The van der Waals surface area contributed by atoms with Crippen molar-refractivity contribution in [1.29, 1.82) is 0 Å². The van der Waals surface area contributed by atoms with Crippen LogP contribution in [-0.2, 0) is 4.79 Å². The smallest absolute Gasteiger partial charge is 0.254 e. The van der Waals surface area contributed by atoms with E-state index in [9.17, 15) is 9.59 Å². The lowest BCUT2D eigenvalue weighted by molar-refractivity contribution is -0.125. The maximum Gasteiger partial charge on any atom is 0.254 e. The molecule has 25 heavy (non-hydrogen) atoms. The molecule has 3 fully saturated rings. The van der Waals surface area contributed by atoms with Gasteiger partial charge in [-0.2, -0.15) is 0 Å². The Kier molecular flexibility index (Phi) is 4.53. The Hall–Kier alpha value is -1.84. The minimum Gasteiger partial charge on any atom is -0.352 e. The summed E-state index contributed by atoms with van der Waals surface area (Å²) in [5.74, 6) is 2.33. The van der Waals surface area contributed by atoms with Crippen LogP contribution in [0.25, 0.3) is 0 Å². The zero-order chi connectivity index (χ0) is 17.4. The first-order valence-electron chi connectivity index (χ1n) is 9.80. The van der Waals surface area contributed by atoms with E-state index in [1.807, 2.05) is 30.3 Å². The monoisotopic (exact) mass is 340 g/mol. The van der Waals surface area contributed by atoms with Crippen molar-refractivity contribution in [2.75, 3.05) is 6.54 Å². The van der Waals surface area contributed by atoms with Crippen molar-refractivity contribution in [2.24, 2.45) is 17.8 Å². The second-order valence-corrected chi connectivity index (χ2v) is 8.16. The second kappa shape index (κ2) is 6.81. The van der Waals surface area contributed by atoms with Gasteiger partial charge in [-0.25, -0.2) is 0 Å². The van der Waals surface area contributed by atoms with Crippen molar-refractivity contribution >= 4 is 11.8 Å². The number of hydrogen-bond donors (Lipinski definition) is 1. The Labute approximate surface area is 150 Å². The fourth-order valence-corrected chi connectivity index (χ4v) is 5.36. The van der Waals surface area contributed by atoms with Crippen LogP contribution in [0.3, 0.4) is 0 Å². The summed E-state index contributed by atoms with van der Waals surface area (Å²) < 4.78 is 0. The van der Waals surface area contributed by atoms with Gasteiger partial charge in [0.05, 0.1) is 0 Å². The summed E-state index contributed by atoms with van der Waals surface area (Å²) in [5, 5.41) is 3.25. The molecule has 4 rings (SSSR count). The highest BCUT2D eigenvalue weighted by molar-refractivity contribution is 5.98. The third kappa shape index (κ3) is 3.19. The third-order valence-corrected chi connectivity index (χ3v) is 6.64. The average Bonchev–Trinajstić information content (AvgIpc) is 3.37. The van der Waals surface area contributed by atoms with Crippen LogP contribution in [0, 0.1) is 17.8 Å². The number of amides is 2. The van der Waals surface area contributed by atoms with E-state index in [0.717, 1.165) is 24.7 Å². The van der Waals surface area contributed by atoms with Crippen LogP contribution in [0.5, 0.6) is 0 Å². The zero-order valence-corrected chi connectivity index (χ0v) is 15.0. The standard InChI is InChI=1S/C21H28N2O2/c1-14(18-13-15-9-10-17(18)12-15)22-20(24)19-8-5-11-23(19)21(25)16-6-3-2-4-7-16/h2-4,6-7,14-15,17-19H,5,8-13H2,1H3,(H,22,24). The molecular weight excluding hydrogens is 312 g/mol. The van der Waals surface area contributed by atoms with Gasteiger partial charge in [0.1, 0.15) is 6.04 Å². The highest BCUT2D eigenvalue weighted by Crippen LogP contribution is 2.49. The van der Waals surface area contributed by atoms with Crippen LogP contribution in [0.1, 0.15) is 55.8 Å². The zero-order valence-electron chi connectivity index (χ0n) is 15.0. The number of rotatable bonds is 4. The Morgan fingerprint density at radius 2 is 1.92 bits per heavy atom.